The van der Waals surface area contributed by atoms with Crippen LogP contribution in [-0.4, -0.2) is 25.1 Å². The molecule has 2 aromatic carbocycles. The van der Waals surface area contributed by atoms with Crippen LogP contribution in [-0.2, 0) is 6.42 Å². The molecule has 2 aromatic rings. The Morgan fingerprint density at radius 3 is 2.61 bits per heavy atom. The third-order valence-electron chi connectivity index (χ3n) is 4.06. The zero-order chi connectivity index (χ0) is 16.4. The summed E-state index contributed by atoms with van der Waals surface area (Å²) in [5, 5.41) is 9.65. The number of phenolic OH excluding ortho intramolecular Hbond substituents is 1. The number of methoxy groups -OCH3 is 2. The van der Waals surface area contributed by atoms with Crippen molar-refractivity contribution in [2.24, 2.45) is 0 Å². The number of carbonyl (C=O) groups is 1. The van der Waals surface area contributed by atoms with Crippen LogP contribution in [0.15, 0.2) is 42.0 Å². The summed E-state index contributed by atoms with van der Waals surface area (Å²) >= 11 is 0. The van der Waals surface area contributed by atoms with Gasteiger partial charge in [0.25, 0.3) is 0 Å². The maximum atomic E-state index is 12.7. The Morgan fingerprint density at radius 2 is 1.87 bits per heavy atom. The molecule has 0 unspecified atom stereocenters. The van der Waals surface area contributed by atoms with Gasteiger partial charge >= 0.3 is 0 Å². The number of Topliss-reactive ketones (excluding diaryl/α,β-unsaturated/α-hetero) is 1. The normalized spacial score (nSPS) is 15.4. The minimum absolute atomic E-state index is 0.0425. The summed E-state index contributed by atoms with van der Waals surface area (Å²) in [5.41, 5.74) is 3.35. The van der Waals surface area contributed by atoms with Crippen molar-refractivity contribution in [3.8, 4) is 17.2 Å². The van der Waals surface area contributed by atoms with Gasteiger partial charge in [-0.25, -0.2) is 0 Å². The largest absolute Gasteiger partial charge is 0.504 e. The van der Waals surface area contributed by atoms with Gasteiger partial charge in [-0.05, 0) is 60.4 Å². The Kier molecular flexibility index (Phi) is 4.06. The molecular weight excluding hydrogens is 292 g/mol. The van der Waals surface area contributed by atoms with Crippen LogP contribution >= 0.6 is 0 Å². The van der Waals surface area contributed by atoms with Crippen molar-refractivity contribution in [2.75, 3.05) is 14.2 Å². The molecule has 0 saturated carbocycles. The molecule has 4 nitrogen and oxygen atoms in total. The highest BCUT2D eigenvalue weighted by atomic mass is 16.5. The Hall–Kier alpha value is -2.75. The summed E-state index contributed by atoms with van der Waals surface area (Å²) in [5.74, 6) is 1.29. The van der Waals surface area contributed by atoms with Crippen molar-refractivity contribution in [3.05, 3.63) is 58.7 Å². The number of fused-ring (bicyclic) bond motifs is 1. The number of aryl methyl sites for hydroxylation is 1. The smallest absolute Gasteiger partial charge is 0.189 e. The summed E-state index contributed by atoms with van der Waals surface area (Å²) in [6, 6.07) is 10.6. The highest BCUT2D eigenvalue weighted by molar-refractivity contribution is 6.13. The first-order valence-corrected chi connectivity index (χ1v) is 7.41. The number of carbonyl (C=O) groups excluding carboxylic acids is 1. The van der Waals surface area contributed by atoms with Crippen LogP contribution in [0.4, 0.5) is 0 Å². The van der Waals surface area contributed by atoms with Crippen molar-refractivity contribution < 1.29 is 19.4 Å². The number of ether oxygens (including phenoxy) is 2. The second-order valence-electron chi connectivity index (χ2n) is 5.45. The van der Waals surface area contributed by atoms with E-state index in [0.29, 0.717) is 12.2 Å². The fraction of sp³-hybridized carbons (Fsp3) is 0.211. The van der Waals surface area contributed by atoms with Crippen LogP contribution < -0.4 is 9.47 Å². The van der Waals surface area contributed by atoms with Gasteiger partial charge in [-0.3, -0.25) is 4.79 Å². The molecule has 1 aliphatic carbocycles. The number of hydrogen-bond donors (Lipinski definition) is 1. The SMILES string of the molecule is COc1ccc2c(c1)CC/C(=C\c1ccc(O)c(OC)c1)C2=O. The van der Waals surface area contributed by atoms with Crippen molar-refractivity contribution in [3.63, 3.8) is 0 Å². The van der Waals surface area contributed by atoms with Gasteiger partial charge in [-0.2, -0.15) is 0 Å². The van der Waals surface area contributed by atoms with Crippen molar-refractivity contribution in [1.82, 2.24) is 0 Å². The van der Waals surface area contributed by atoms with Gasteiger partial charge in [0, 0.05) is 11.1 Å². The van der Waals surface area contributed by atoms with Crippen LogP contribution in [0.1, 0.15) is 27.9 Å². The fourth-order valence-corrected chi connectivity index (χ4v) is 2.80. The monoisotopic (exact) mass is 310 g/mol. The second-order valence-corrected chi connectivity index (χ2v) is 5.45. The number of hydrogen-bond acceptors (Lipinski definition) is 4. The number of benzene rings is 2. The van der Waals surface area contributed by atoms with Crippen molar-refractivity contribution in [2.45, 2.75) is 12.8 Å². The molecule has 0 aliphatic heterocycles. The molecule has 0 fully saturated rings. The van der Waals surface area contributed by atoms with E-state index in [-0.39, 0.29) is 11.5 Å². The van der Waals surface area contributed by atoms with Gasteiger partial charge in [0.2, 0.25) is 0 Å². The van der Waals surface area contributed by atoms with Gasteiger partial charge in [-0.15, -0.1) is 0 Å². The molecule has 0 heterocycles. The standard InChI is InChI=1S/C19H18O4/c1-22-15-6-7-16-13(11-15)4-5-14(19(16)21)9-12-3-8-17(20)18(10-12)23-2/h3,6-11,20H,4-5H2,1-2H3/b14-9+. The summed E-state index contributed by atoms with van der Waals surface area (Å²) < 4.78 is 10.3. The highest BCUT2D eigenvalue weighted by Crippen LogP contribution is 2.31. The molecule has 4 heteroatoms. The first-order chi connectivity index (χ1) is 11.1. The zero-order valence-electron chi connectivity index (χ0n) is 13.1. The van der Waals surface area contributed by atoms with E-state index >= 15 is 0 Å². The van der Waals surface area contributed by atoms with E-state index < -0.39 is 0 Å². The first kappa shape index (κ1) is 15.2. The lowest BCUT2D eigenvalue weighted by Gasteiger charge is -2.18. The van der Waals surface area contributed by atoms with Crippen molar-refractivity contribution in [1.29, 1.82) is 0 Å². The van der Waals surface area contributed by atoms with Crippen LogP contribution in [0.25, 0.3) is 6.08 Å². The molecule has 1 aliphatic rings. The number of aromatic hydroxyl groups is 1. The lowest BCUT2D eigenvalue weighted by molar-refractivity contribution is 0.102. The lowest BCUT2D eigenvalue weighted by Crippen LogP contribution is -2.14. The lowest BCUT2D eigenvalue weighted by atomic mass is 9.86. The molecule has 0 saturated heterocycles. The maximum absolute atomic E-state index is 12.7. The summed E-state index contributed by atoms with van der Waals surface area (Å²) in [7, 11) is 3.12. The van der Waals surface area contributed by atoms with Crippen LogP contribution in [0.5, 0.6) is 17.2 Å². The molecular formula is C19H18O4. The quantitative estimate of drug-likeness (QED) is 0.880. The van der Waals surface area contributed by atoms with Crippen LogP contribution in [0.2, 0.25) is 0 Å². The fourth-order valence-electron chi connectivity index (χ4n) is 2.80. The second kappa shape index (κ2) is 6.16. The molecule has 23 heavy (non-hydrogen) atoms. The Morgan fingerprint density at radius 1 is 1.04 bits per heavy atom. The summed E-state index contributed by atoms with van der Waals surface area (Å²) in [4.78, 5) is 12.7. The number of rotatable bonds is 3. The molecule has 0 aromatic heterocycles. The number of allylic oxidation sites excluding steroid dienone is 1. The van der Waals surface area contributed by atoms with E-state index in [2.05, 4.69) is 0 Å². The third-order valence-corrected chi connectivity index (χ3v) is 4.06. The van der Waals surface area contributed by atoms with E-state index in [1.165, 1.54) is 7.11 Å². The average molecular weight is 310 g/mol. The molecule has 0 amide bonds. The van der Waals surface area contributed by atoms with Gasteiger partial charge in [0.1, 0.15) is 5.75 Å². The number of ketones is 1. The van der Waals surface area contributed by atoms with Crippen LogP contribution in [0.3, 0.4) is 0 Å². The van der Waals surface area contributed by atoms with E-state index in [4.69, 9.17) is 9.47 Å². The molecule has 0 atom stereocenters. The molecule has 0 bridgehead atoms. The first-order valence-electron chi connectivity index (χ1n) is 7.41. The Balaban J connectivity index is 1.94. The van der Waals surface area contributed by atoms with Crippen LogP contribution in [0, 0.1) is 0 Å². The zero-order valence-corrected chi connectivity index (χ0v) is 13.1. The predicted octanol–water partition coefficient (Wildman–Crippen LogP) is 3.62. The van der Waals surface area contributed by atoms with Gasteiger partial charge in [0.15, 0.2) is 17.3 Å². The van der Waals surface area contributed by atoms with E-state index in [0.717, 1.165) is 34.4 Å². The van der Waals surface area contributed by atoms with Gasteiger partial charge in [-0.1, -0.05) is 6.07 Å². The minimum Gasteiger partial charge on any atom is -0.504 e. The summed E-state index contributed by atoms with van der Waals surface area (Å²) in [6.45, 7) is 0. The maximum Gasteiger partial charge on any atom is 0.189 e. The molecule has 1 N–H and O–H groups in total. The summed E-state index contributed by atoms with van der Waals surface area (Å²) in [6.07, 6.45) is 3.35. The Labute approximate surface area is 135 Å². The van der Waals surface area contributed by atoms with E-state index in [1.54, 1.807) is 25.3 Å². The highest BCUT2D eigenvalue weighted by Gasteiger charge is 2.22. The molecule has 3 rings (SSSR count). The predicted molar refractivity (Wildman–Crippen MR) is 88.3 cm³/mol. The van der Waals surface area contributed by atoms with Gasteiger partial charge in [0.05, 0.1) is 14.2 Å². The molecule has 0 radical (unpaired) electrons. The number of phenols is 1. The molecule has 0 spiro atoms. The minimum atomic E-state index is 0.0425. The Bertz CT molecular complexity index is 790. The van der Waals surface area contributed by atoms with Gasteiger partial charge < -0.3 is 14.6 Å². The van der Waals surface area contributed by atoms with E-state index in [1.807, 2.05) is 24.3 Å². The van der Waals surface area contributed by atoms with E-state index in [9.17, 15) is 9.90 Å². The molecule has 118 valence electrons. The topological polar surface area (TPSA) is 55.8 Å². The van der Waals surface area contributed by atoms with Crippen molar-refractivity contribution >= 4 is 11.9 Å². The third kappa shape index (κ3) is 2.93. The average Bonchev–Trinajstić information content (AvgIpc) is 2.58.